The van der Waals surface area contributed by atoms with Crippen molar-refractivity contribution in [2.45, 2.75) is 39.8 Å². The topological polar surface area (TPSA) is 74.8 Å². The van der Waals surface area contributed by atoms with Crippen molar-refractivity contribution in [3.63, 3.8) is 0 Å². The van der Waals surface area contributed by atoms with Gasteiger partial charge in [-0.3, -0.25) is 9.79 Å². The largest absolute Gasteiger partial charge is 0.378 e. The van der Waals surface area contributed by atoms with E-state index in [1.54, 1.807) is 14.1 Å². The summed E-state index contributed by atoms with van der Waals surface area (Å²) in [6.07, 6.45) is 1.19. The number of amides is 1. The molecule has 3 N–H and O–H groups in total. The van der Waals surface area contributed by atoms with Crippen LogP contribution in [0.4, 0.5) is 0 Å². The maximum absolute atomic E-state index is 11.5. The summed E-state index contributed by atoms with van der Waals surface area (Å²) in [5, 5.41) is 9.21. The molecule has 1 amide bonds. The summed E-state index contributed by atoms with van der Waals surface area (Å²) in [7, 11) is 3.38. The minimum Gasteiger partial charge on any atom is -0.378 e. The minimum atomic E-state index is -0.0778. The van der Waals surface area contributed by atoms with Gasteiger partial charge in [0.1, 0.15) is 0 Å². The highest BCUT2D eigenvalue weighted by molar-refractivity contribution is 5.93. The Labute approximate surface area is 151 Å². The van der Waals surface area contributed by atoms with E-state index in [-0.39, 0.29) is 12.0 Å². The van der Waals surface area contributed by atoms with Gasteiger partial charge < -0.3 is 20.7 Å². The van der Waals surface area contributed by atoms with Crippen LogP contribution in [0.15, 0.2) is 29.3 Å². The Balaban J connectivity index is 2.42. The lowest BCUT2D eigenvalue weighted by Gasteiger charge is -2.21. The standard InChI is InChI=1S/C19H32N4O2/c1-6-25-17(14(2)3)11-12-22-19(21-5)23-13-15-7-9-16(10-8-15)18(24)20-4/h7-10,14,17H,6,11-13H2,1-5H3,(H,20,24)(H2,21,22,23). The Morgan fingerprint density at radius 3 is 2.40 bits per heavy atom. The lowest BCUT2D eigenvalue weighted by atomic mass is 10.0. The van der Waals surface area contributed by atoms with Crippen molar-refractivity contribution in [3.8, 4) is 0 Å². The molecule has 0 aromatic heterocycles. The highest BCUT2D eigenvalue weighted by Crippen LogP contribution is 2.10. The van der Waals surface area contributed by atoms with Crippen LogP contribution in [0.25, 0.3) is 0 Å². The lowest BCUT2D eigenvalue weighted by Crippen LogP contribution is -2.38. The fourth-order valence-corrected chi connectivity index (χ4v) is 2.48. The quantitative estimate of drug-likeness (QED) is 0.472. The van der Waals surface area contributed by atoms with Gasteiger partial charge in [-0.25, -0.2) is 0 Å². The highest BCUT2D eigenvalue weighted by atomic mass is 16.5. The fourth-order valence-electron chi connectivity index (χ4n) is 2.48. The summed E-state index contributed by atoms with van der Waals surface area (Å²) < 4.78 is 5.75. The third kappa shape index (κ3) is 7.56. The van der Waals surface area contributed by atoms with Gasteiger partial charge in [0.25, 0.3) is 5.91 Å². The van der Waals surface area contributed by atoms with Gasteiger partial charge in [0.2, 0.25) is 0 Å². The smallest absolute Gasteiger partial charge is 0.251 e. The second kappa shape index (κ2) is 11.5. The molecule has 140 valence electrons. The number of guanidine groups is 1. The third-order valence-electron chi connectivity index (χ3n) is 3.97. The van der Waals surface area contributed by atoms with E-state index in [4.69, 9.17) is 4.74 Å². The predicted molar refractivity (Wildman–Crippen MR) is 103 cm³/mol. The Morgan fingerprint density at radius 2 is 1.88 bits per heavy atom. The molecule has 1 atom stereocenters. The van der Waals surface area contributed by atoms with E-state index in [1.165, 1.54) is 0 Å². The van der Waals surface area contributed by atoms with Gasteiger partial charge in [-0.15, -0.1) is 0 Å². The zero-order valence-electron chi connectivity index (χ0n) is 16.1. The molecule has 0 fully saturated rings. The van der Waals surface area contributed by atoms with E-state index >= 15 is 0 Å². The number of nitrogens with zero attached hydrogens (tertiary/aromatic N) is 1. The monoisotopic (exact) mass is 348 g/mol. The molecule has 0 bridgehead atoms. The number of rotatable bonds is 9. The Bertz CT molecular complexity index is 541. The van der Waals surface area contributed by atoms with Gasteiger partial charge in [0.15, 0.2) is 5.96 Å². The number of benzene rings is 1. The molecule has 0 aliphatic carbocycles. The molecular formula is C19H32N4O2. The second-order valence-electron chi connectivity index (χ2n) is 6.16. The van der Waals surface area contributed by atoms with Crippen LogP contribution < -0.4 is 16.0 Å². The highest BCUT2D eigenvalue weighted by Gasteiger charge is 2.13. The van der Waals surface area contributed by atoms with E-state index in [1.807, 2.05) is 31.2 Å². The first-order valence-electron chi connectivity index (χ1n) is 8.88. The predicted octanol–water partition coefficient (Wildman–Crippen LogP) is 2.16. The van der Waals surface area contributed by atoms with Crippen LogP contribution in [-0.2, 0) is 11.3 Å². The van der Waals surface area contributed by atoms with Gasteiger partial charge in [0.05, 0.1) is 6.10 Å². The van der Waals surface area contributed by atoms with Crippen molar-refractivity contribution in [3.05, 3.63) is 35.4 Å². The number of nitrogens with one attached hydrogen (secondary N) is 3. The molecule has 0 aliphatic heterocycles. The first-order valence-corrected chi connectivity index (χ1v) is 8.88. The van der Waals surface area contributed by atoms with Crippen molar-refractivity contribution in [2.24, 2.45) is 10.9 Å². The fraction of sp³-hybridized carbons (Fsp3) is 0.579. The van der Waals surface area contributed by atoms with Crippen molar-refractivity contribution >= 4 is 11.9 Å². The molecule has 6 nitrogen and oxygen atoms in total. The summed E-state index contributed by atoms with van der Waals surface area (Å²) in [6.45, 7) is 8.57. The summed E-state index contributed by atoms with van der Waals surface area (Å²) >= 11 is 0. The van der Waals surface area contributed by atoms with Gasteiger partial charge in [-0.2, -0.15) is 0 Å². The lowest BCUT2D eigenvalue weighted by molar-refractivity contribution is 0.0258. The molecular weight excluding hydrogens is 316 g/mol. The average Bonchev–Trinajstić information content (AvgIpc) is 2.63. The van der Waals surface area contributed by atoms with E-state index in [0.717, 1.165) is 31.1 Å². The molecule has 1 rings (SSSR count). The molecule has 0 saturated heterocycles. The van der Waals surface area contributed by atoms with Crippen molar-refractivity contribution in [1.29, 1.82) is 0 Å². The molecule has 6 heteroatoms. The van der Waals surface area contributed by atoms with Crippen LogP contribution in [0.3, 0.4) is 0 Å². The molecule has 0 heterocycles. The second-order valence-corrected chi connectivity index (χ2v) is 6.16. The van der Waals surface area contributed by atoms with E-state index in [9.17, 15) is 4.79 Å². The van der Waals surface area contributed by atoms with E-state index in [2.05, 4.69) is 34.8 Å². The molecule has 1 aromatic rings. The zero-order valence-corrected chi connectivity index (χ0v) is 16.1. The van der Waals surface area contributed by atoms with Gasteiger partial charge >= 0.3 is 0 Å². The SMILES string of the molecule is CCOC(CCNC(=NC)NCc1ccc(C(=O)NC)cc1)C(C)C. The maximum atomic E-state index is 11.5. The number of aliphatic imine (C=N–C) groups is 1. The summed E-state index contributed by atoms with van der Waals surface area (Å²) in [5.74, 6) is 1.18. The molecule has 1 aromatic carbocycles. The van der Waals surface area contributed by atoms with Gasteiger partial charge in [-0.1, -0.05) is 26.0 Å². The molecule has 0 radical (unpaired) electrons. The Morgan fingerprint density at radius 1 is 1.20 bits per heavy atom. The first kappa shape index (κ1) is 21.0. The van der Waals surface area contributed by atoms with Crippen LogP contribution in [0.5, 0.6) is 0 Å². The first-order chi connectivity index (χ1) is 12.0. The van der Waals surface area contributed by atoms with E-state index in [0.29, 0.717) is 18.0 Å². The number of ether oxygens (including phenoxy) is 1. The van der Waals surface area contributed by atoms with Crippen LogP contribution >= 0.6 is 0 Å². The maximum Gasteiger partial charge on any atom is 0.251 e. The molecule has 0 aliphatic rings. The Kier molecular flexibility index (Phi) is 9.62. The average molecular weight is 348 g/mol. The Hall–Kier alpha value is -2.08. The van der Waals surface area contributed by atoms with E-state index < -0.39 is 0 Å². The summed E-state index contributed by atoms with van der Waals surface area (Å²) in [4.78, 5) is 15.8. The van der Waals surface area contributed by atoms with Crippen LogP contribution in [0.2, 0.25) is 0 Å². The van der Waals surface area contributed by atoms with Gasteiger partial charge in [0, 0.05) is 39.4 Å². The van der Waals surface area contributed by atoms with Gasteiger partial charge in [-0.05, 0) is 37.0 Å². The number of carbonyl (C=O) groups is 1. The molecule has 0 spiro atoms. The van der Waals surface area contributed by atoms with Crippen LogP contribution in [-0.4, -0.2) is 45.2 Å². The minimum absolute atomic E-state index is 0.0778. The van der Waals surface area contributed by atoms with Crippen molar-refractivity contribution in [2.75, 3.05) is 27.2 Å². The summed E-state index contributed by atoms with van der Waals surface area (Å²) in [6, 6.07) is 7.52. The number of hydrogen-bond donors (Lipinski definition) is 3. The summed E-state index contributed by atoms with van der Waals surface area (Å²) in [5.41, 5.74) is 1.74. The number of hydrogen-bond acceptors (Lipinski definition) is 3. The molecule has 1 unspecified atom stereocenters. The van der Waals surface area contributed by atoms with Crippen molar-refractivity contribution in [1.82, 2.24) is 16.0 Å². The number of carbonyl (C=O) groups excluding carboxylic acids is 1. The normalized spacial score (nSPS) is 12.8. The van der Waals surface area contributed by atoms with Crippen LogP contribution in [0, 0.1) is 5.92 Å². The molecule has 0 saturated carbocycles. The zero-order chi connectivity index (χ0) is 18.7. The van der Waals surface area contributed by atoms with Crippen molar-refractivity contribution < 1.29 is 9.53 Å². The molecule has 25 heavy (non-hydrogen) atoms. The third-order valence-corrected chi connectivity index (χ3v) is 3.97. The van der Waals surface area contributed by atoms with Crippen LogP contribution in [0.1, 0.15) is 43.1 Å².